The molecule has 0 rings (SSSR count). The first-order valence-electron chi connectivity index (χ1n) is 8.24. The summed E-state index contributed by atoms with van der Waals surface area (Å²) in [5, 5.41) is 6.97. The Morgan fingerprint density at radius 3 is 2.14 bits per heavy atom. The Morgan fingerprint density at radius 1 is 1.10 bits per heavy atom. The molecule has 0 fully saturated rings. The molecule has 21 heavy (non-hydrogen) atoms. The van der Waals surface area contributed by atoms with Crippen LogP contribution in [0.5, 0.6) is 0 Å². The second kappa shape index (κ2) is 8.79. The van der Waals surface area contributed by atoms with Gasteiger partial charge in [0.15, 0.2) is 0 Å². The third kappa shape index (κ3) is 9.92. The van der Waals surface area contributed by atoms with Gasteiger partial charge in [-0.1, -0.05) is 48.1 Å². The third-order valence-corrected chi connectivity index (χ3v) is 3.62. The zero-order chi connectivity index (χ0) is 16.7. The fraction of sp³-hybridized carbons (Fsp3) is 0.889. The monoisotopic (exact) mass is 298 g/mol. The van der Waals surface area contributed by atoms with E-state index in [9.17, 15) is 0 Å². The summed E-state index contributed by atoms with van der Waals surface area (Å²) in [7, 11) is 0. The lowest BCUT2D eigenvalue weighted by Gasteiger charge is -2.37. The minimum atomic E-state index is 0.0694. The smallest absolute Gasteiger partial charge is 0.0642 e. The van der Waals surface area contributed by atoms with Crippen LogP contribution in [0.15, 0.2) is 12.3 Å². The molecule has 0 aromatic carbocycles. The molecule has 0 bridgehead atoms. The van der Waals surface area contributed by atoms with Crippen molar-refractivity contribution in [3.8, 4) is 0 Å². The molecule has 0 unspecified atom stereocenters. The van der Waals surface area contributed by atoms with Crippen molar-refractivity contribution < 1.29 is 4.74 Å². The highest BCUT2D eigenvalue weighted by Gasteiger charge is 2.30. The van der Waals surface area contributed by atoms with Crippen molar-refractivity contribution in [2.24, 2.45) is 10.8 Å². The van der Waals surface area contributed by atoms with E-state index in [4.69, 9.17) is 4.74 Å². The molecule has 126 valence electrons. The standard InChI is InChI=1S/C18H38N2O/c1-14(2)20-13-17(6,7)12-18(8,9)16(5)19-10-11-21-15(3)4/h14-15,19-20H,5,10-13H2,1-4,6-9H3. The van der Waals surface area contributed by atoms with E-state index in [0.29, 0.717) is 6.04 Å². The zero-order valence-electron chi connectivity index (χ0n) is 15.6. The van der Waals surface area contributed by atoms with Crippen LogP contribution in [0.25, 0.3) is 0 Å². The molecule has 0 amide bonds. The van der Waals surface area contributed by atoms with Crippen molar-refractivity contribution >= 4 is 0 Å². The van der Waals surface area contributed by atoms with E-state index in [1.165, 1.54) is 0 Å². The maximum absolute atomic E-state index is 5.56. The van der Waals surface area contributed by atoms with Gasteiger partial charge in [0.25, 0.3) is 0 Å². The van der Waals surface area contributed by atoms with Gasteiger partial charge in [0.2, 0.25) is 0 Å². The molecule has 0 aromatic rings. The molecule has 0 heterocycles. The van der Waals surface area contributed by atoms with Crippen LogP contribution in [-0.4, -0.2) is 31.8 Å². The maximum Gasteiger partial charge on any atom is 0.0642 e. The van der Waals surface area contributed by atoms with Gasteiger partial charge in [0.1, 0.15) is 0 Å². The Morgan fingerprint density at radius 2 is 1.67 bits per heavy atom. The normalized spacial score (nSPS) is 13.0. The Labute approximate surface area is 132 Å². The summed E-state index contributed by atoms with van der Waals surface area (Å²) in [6, 6.07) is 0.530. The average Bonchev–Trinajstić information content (AvgIpc) is 2.30. The molecule has 0 aromatic heterocycles. The molecular weight excluding hydrogens is 260 g/mol. The van der Waals surface area contributed by atoms with Crippen LogP contribution in [0.3, 0.4) is 0 Å². The molecular formula is C18H38N2O. The van der Waals surface area contributed by atoms with Gasteiger partial charge in [-0.2, -0.15) is 0 Å². The molecule has 0 saturated heterocycles. The van der Waals surface area contributed by atoms with Crippen molar-refractivity contribution in [1.82, 2.24) is 10.6 Å². The second-order valence-electron chi connectivity index (χ2n) is 8.09. The number of hydrogen-bond acceptors (Lipinski definition) is 3. The number of hydrogen-bond donors (Lipinski definition) is 2. The Balaban J connectivity index is 4.28. The highest BCUT2D eigenvalue weighted by molar-refractivity contribution is 5.06. The van der Waals surface area contributed by atoms with Crippen LogP contribution in [0.1, 0.15) is 61.8 Å². The first-order chi connectivity index (χ1) is 9.46. The fourth-order valence-electron chi connectivity index (χ4n) is 2.58. The zero-order valence-corrected chi connectivity index (χ0v) is 15.6. The van der Waals surface area contributed by atoms with Crippen molar-refractivity contribution in [3.63, 3.8) is 0 Å². The van der Waals surface area contributed by atoms with Gasteiger partial charge in [0.05, 0.1) is 12.7 Å². The van der Waals surface area contributed by atoms with Crippen molar-refractivity contribution in [1.29, 1.82) is 0 Å². The van der Waals surface area contributed by atoms with E-state index in [0.717, 1.165) is 31.8 Å². The predicted octanol–water partition coefficient (Wildman–Crippen LogP) is 3.96. The summed E-state index contributed by atoms with van der Waals surface area (Å²) in [5.41, 5.74) is 1.42. The van der Waals surface area contributed by atoms with E-state index < -0.39 is 0 Å². The molecule has 0 spiro atoms. The molecule has 0 aliphatic heterocycles. The molecule has 0 aliphatic rings. The van der Waals surface area contributed by atoms with Crippen LogP contribution in [0, 0.1) is 10.8 Å². The molecule has 3 heteroatoms. The molecule has 2 N–H and O–H groups in total. The third-order valence-electron chi connectivity index (χ3n) is 3.62. The van der Waals surface area contributed by atoms with Crippen LogP contribution in [-0.2, 0) is 4.74 Å². The Hall–Kier alpha value is -0.540. The lowest BCUT2D eigenvalue weighted by molar-refractivity contribution is 0.0808. The summed E-state index contributed by atoms with van der Waals surface area (Å²) in [6.07, 6.45) is 1.38. The largest absolute Gasteiger partial charge is 0.386 e. The summed E-state index contributed by atoms with van der Waals surface area (Å²) >= 11 is 0. The van der Waals surface area contributed by atoms with Gasteiger partial charge in [-0.15, -0.1) is 0 Å². The number of allylic oxidation sites excluding steroid dienone is 1. The maximum atomic E-state index is 5.56. The number of ether oxygens (including phenoxy) is 1. The Bertz CT molecular complexity index is 306. The highest BCUT2D eigenvalue weighted by atomic mass is 16.5. The quantitative estimate of drug-likeness (QED) is 0.567. The topological polar surface area (TPSA) is 33.3 Å². The highest BCUT2D eigenvalue weighted by Crippen LogP contribution is 2.37. The second-order valence-corrected chi connectivity index (χ2v) is 8.09. The minimum absolute atomic E-state index is 0.0694. The average molecular weight is 299 g/mol. The number of rotatable bonds is 11. The minimum Gasteiger partial charge on any atom is -0.386 e. The first-order valence-corrected chi connectivity index (χ1v) is 8.24. The number of nitrogens with one attached hydrogen (secondary N) is 2. The summed E-state index contributed by atoms with van der Waals surface area (Å²) in [5.74, 6) is 0. The molecule has 3 nitrogen and oxygen atoms in total. The lowest BCUT2D eigenvalue weighted by atomic mass is 9.73. The van der Waals surface area contributed by atoms with Gasteiger partial charge in [0, 0.05) is 30.2 Å². The van der Waals surface area contributed by atoms with Gasteiger partial charge in [-0.05, 0) is 25.7 Å². The van der Waals surface area contributed by atoms with Gasteiger partial charge in [-0.25, -0.2) is 0 Å². The van der Waals surface area contributed by atoms with E-state index in [2.05, 4.69) is 72.6 Å². The van der Waals surface area contributed by atoms with Crippen molar-refractivity contribution in [2.75, 3.05) is 19.7 Å². The summed E-state index contributed by atoms with van der Waals surface area (Å²) in [6.45, 7) is 24.5. The van der Waals surface area contributed by atoms with E-state index >= 15 is 0 Å². The van der Waals surface area contributed by atoms with E-state index in [1.54, 1.807) is 0 Å². The van der Waals surface area contributed by atoms with Crippen molar-refractivity contribution in [2.45, 2.75) is 74.0 Å². The van der Waals surface area contributed by atoms with Crippen LogP contribution >= 0.6 is 0 Å². The van der Waals surface area contributed by atoms with E-state index in [1.807, 2.05) is 0 Å². The SMILES string of the molecule is C=C(NCCOC(C)C)C(C)(C)CC(C)(C)CNC(C)C. The van der Waals surface area contributed by atoms with E-state index in [-0.39, 0.29) is 16.9 Å². The van der Waals surface area contributed by atoms with Crippen LogP contribution in [0.4, 0.5) is 0 Å². The van der Waals surface area contributed by atoms with Gasteiger partial charge in [-0.3, -0.25) is 0 Å². The molecule has 0 radical (unpaired) electrons. The Kier molecular flexibility index (Phi) is 8.57. The van der Waals surface area contributed by atoms with Crippen LogP contribution < -0.4 is 10.6 Å². The van der Waals surface area contributed by atoms with Gasteiger partial charge >= 0.3 is 0 Å². The molecule has 0 atom stereocenters. The lowest BCUT2D eigenvalue weighted by Crippen LogP contribution is -2.39. The molecule has 0 aliphatic carbocycles. The predicted molar refractivity (Wildman–Crippen MR) is 93.5 cm³/mol. The van der Waals surface area contributed by atoms with Crippen LogP contribution in [0.2, 0.25) is 0 Å². The molecule has 0 saturated carbocycles. The summed E-state index contributed by atoms with van der Waals surface area (Å²) in [4.78, 5) is 0. The van der Waals surface area contributed by atoms with Gasteiger partial charge < -0.3 is 15.4 Å². The van der Waals surface area contributed by atoms with Crippen molar-refractivity contribution in [3.05, 3.63) is 12.3 Å². The first kappa shape index (κ1) is 20.5. The fourth-order valence-corrected chi connectivity index (χ4v) is 2.58. The summed E-state index contributed by atoms with van der Waals surface area (Å²) < 4.78 is 5.56.